The van der Waals surface area contributed by atoms with Crippen LogP contribution in [0.25, 0.3) is 65.3 Å². The molecule has 0 aliphatic carbocycles. The Morgan fingerprint density at radius 2 is 0.800 bits per heavy atom. The van der Waals surface area contributed by atoms with Crippen molar-refractivity contribution in [2.24, 2.45) is 0 Å². The zero-order chi connectivity index (χ0) is 35.5. The number of rotatable bonds is 6. The van der Waals surface area contributed by atoms with Crippen molar-refractivity contribution in [3.05, 3.63) is 146 Å². The first-order chi connectivity index (χ1) is 24.9. The minimum atomic E-state index is -0.136. The van der Waals surface area contributed by atoms with Crippen molar-refractivity contribution in [3.63, 3.8) is 0 Å². The summed E-state index contributed by atoms with van der Waals surface area (Å²) in [7, 11) is 4.08. The van der Waals surface area contributed by atoms with Gasteiger partial charge in [0.1, 0.15) is 0 Å². The maximum absolute atomic E-state index is 11.9. The van der Waals surface area contributed by atoms with Crippen molar-refractivity contribution in [2.75, 3.05) is 24.3 Å². The fraction of sp³-hybridized carbons (Fsp3) is 0.0682. The van der Waals surface area contributed by atoms with Crippen LogP contribution in [-0.4, -0.2) is 20.0 Å². The van der Waals surface area contributed by atoms with Gasteiger partial charge in [-0.05, 0) is 67.4 Å². The molecule has 0 aromatic heterocycles. The molecule has 0 spiro atoms. The van der Waals surface area contributed by atoms with Crippen molar-refractivity contribution < 1.29 is 165 Å². The molecule has 0 heterocycles. The number of hydrogen-bond donors (Lipinski definition) is 1. The molecule has 5 nitrogen and oxygen atoms in total. The SMILES string of the molecule is CC(=O)Nc1ccc2ccccc2c1-c1c(P=O)ccc2ccccc12.CN(C)c1ccc2ccccc2c1-c1c(P=O)ccc2ccccc12.[Ar].[Ar].[Ar].[Ar]. The van der Waals surface area contributed by atoms with E-state index >= 15 is 0 Å². The number of benzene rings is 8. The van der Waals surface area contributed by atoms with Crippen molar-refractivity contribution in [2.45, 2.75) is 6.92 Å². The fourth-order valence-electron chi connectivity index (χ4n) is 6.93. The minimum Gasteiger partial charge on any atom is -0.377 e. The van der Waals surface area contributed by atoms with Crippen LogP contribution >= 0.6 is 16.9 Å². The molecule has 0 atom stereocenters. The van der Waals surface area contributed by atoms with Gasteiger partial charge in [-0.2, -0.15) is 0 Å². The quantitative estimate of drug-likeness (QED) is 0.169. The summed E-state index contributed by atoms with van der Waals surface area (Å²) in [4.78, 5) is 13.9. The molecule has 0 aliphatic rings. The summed E-state index contributed by atoms with van der Waals surface area (Å²) in [5, 5.41) is 13.3. The van der Waals surface area contributed by atoms with E-state index in [1.54, 1.807) is 0 Å². The molecule has 280 valence electrons. The summed E-state index contributed by atoms with van der Waals surface area (Å²) >= 11 is 0. The number of anilines is 2. The third-order valence-corrected chi connectivity index (χ3v) is 10.3. The Morgan fingerprint density at radius 1 is 0.455 bits per heavy atom. The summed E-state index contributed by atoms with van der Waals surface area (Å²) in [6.07, 6.45) is 0. The van der Waals surface area contributed by atoms with E-state index in [9.17, 15) is 13.9 Å². The third kappa shape index (κ3) is 10.6. The summed E-state index contributed by atoms with van der Waals surface area (Å²) in [5.41, 5.74) is 5.82. The molecule has 55 heavy (non-hydrogen) atoms. The first kappa shape index (κ1) is 48.7. The van der Waals surface area contributed by atoms with E-state index in [2.05, 4.69) is 58.7 Å². The maximum Gasteiger partial charge on any atom is 0.221 e. The van der Waals surface area contributed by atoms with Crippen LogP contribution < -0.4 is 20.8 Å². The second-order valence-corrected chi connectivity index (χ2v) is 13.8. The molecule has 0 saturated carbocycles. The average Bonchev–Trinajstić information content (AvgIpc) is 3.16. The van der Waals surface area contributed by atoms with Crippen molar-refractivity contribution in [1.82, 2.24) is 0 Å². The average molecular weight is 861 g/mol. The number of hydrogen-bond acceptors (Lipinski definition) is 4. The number of carbonyl (C=O) groups is 1. The molecule has 0 aliphatic heterocycles. The number of carbonyl (C=O) groups excluding carboxylic acids is 1. The van der Waals surface area contributed by atoms with Gasteiger partial charge in [-0.25, -0.2) is 0 Å². The fourth-order valence-corrected chi connectivity index (χ4v) is 7.85. The molecule has 8 aromatic carbocycles. The van der Waals surface area contributed by atoms with E-state index in [1.165, 1.54) is 17.7 Å². The molecule has 8 rings (SSSR count). The molecule has 1 amide bonds. The van der Waals surface area contributed by atoms with Crippen LogP contribution in [0.4, 0.5) is 11.4 Å². The summed E-state index contributed by atoms with van der Waals surface area (Å²) in [6, 6.07) is 48.8. The Kier molecular flexibility index (Phi) is 20.0. The monoisotopic (exact) mass is 860 g/mol. The Labute approximate surface area is 444 Å². The van der Waals surface area contributed by atoms with Crippen molar-refractivity contribution in [1.29, 1.82) is 0 Å². The zero-order valence-corrected chi connectivity index (χ0v) is 34.5. The van der Waals surface area contributed by atoms with Crippen LogP contribution in [0.15, 0.2) is 146 Å². The van der Waals surface area contributed by atoms with E-state index in [4.69, 9.17) is 0 Å². The van der Waals surface area contributed by atoms with Crippen molar-refractivity contribution in [3.8, 4) is 22.3 Å². The standard InChI is InChI=1S/C22H16NO2P.C22H18NOP.4Ar/c1-14(24)23-19-12-10-15-6-2-4-8-17(15)21(19)22-18-9-5-3-7-16(18)11-13-20(22)26-25;1-23(2)19-13-11-15-7-3-5-9-17(15)21(19)22-18-10-6-4-8-16(18)12-14-20(22)25-24;;;;/h2-13H,1H3,(H,23,24);3-14H,1-2H3;;;;. The first-order valence-electron chi connectivity index (χ1n) is 16.6. The van der Waals surface area contributed by atoms with E-state index < -0.39 is 0 Å². The van der Waals surface area contributed by atoms with Gasteiger partial charge in [0.2, 0.25) is 5.91 Å². The number of nitrogens with zero attached hydrogens (tertiary/aromatic N) is 1. The van der Waals surface area contributed by atoms with E-state index in [1.807, 2.05) is 111 Å². The van der Waals surface area contributed by atoms with Gasteiger partial charge in [0.25, 0.3) is 0 Å². The number of amides is 1. The van der Waals surface area contributed by atoms with E-state index in [0.717, 1.165) is 71.3 Å². The molecule has 11 heteroatoms. The molecule has 0 saturated heterocycles. The number of fused-ring (bicyclic) bond motifs is 4. The smallest absolute Gasteiger partial charge is 0.221 e. The van der Waals surface area contributed by atoms with Crippen LogP contribution in [0, 0.1) is 151 Å². The Morgan fingerprint density at radius 3 is 1.20 bits per heavy atom. The van der Waals surface area contributed by atoms with Gasteiger partial charge in [-0.15, -0.1) is 0 Å². The maximum atomic E-state index is 11.9. The summed E-state index contributed by atoms with van der Waals surface area (Å²) in [5.74, 6) is -0.136. The van der Waals surface area contributed by atoms with Gasteiger partial charge < -0.3 is 10.2 Å². The topological polar surface area (TPSA) is 66.5 Å². The largest absolute Gasteiger partial charge is 0.377 e. The third-order valence-electron chi connectivity index (χ3n) is 9.14. The molecule has 8 aromatic rings. The number of nitrogens with one attached hydrogen (secondary N) is 1. The second-order valence-electron chi connectivity index (χ2n) is 12.5. The van der Waals surface area contributed by atoms with Crippen LogP contribution in [0.3, 0.4) is 0 Å². The predicted molar refractivity (Wildman–Crippen MR) is 217 cm³/mol. The van der Waals surface area contributed by atoms with Crippen LogP contribution in [-0.2, 0) is 13.9 Å². The molecule has 0 unspecified atom stereocenters. The molecule has 1 N–H and O–H groups in total. The molecule has 0 bridgehead atoms. The van der Waals surface area contributed by atoms with Crippen LogP contribution in [0.1, 0.15) is 6.92 Å². The van der Waals surface area contributed by atoms with E-state index in [-0.39, 0.29) is 174 Å². The Bertz CT molecular complexity index is 2650. The van der Waals surface area contributed by atoms with Gasteiger partial charge in [-0.3, -0.25) is 13.9 Å². The first-order valence-corrected chi connectivity index (χ1v) is 18.2. The minimum absolute atomic E-state index is 0. The van der Waals surface area contributed by atoms with Crippen LogP contribution in [0.2, 0.25) is 0 Å². The van der Waals surface area contributed by atoms with Crippen molar-refractivity contribution >= 4 is 87.9 Å². The van der Waals surface area contributed by atoms with Gasteiger partial charge in [-0.1, -0.05) is 121 Å². The predicted octanol–water partition coefficient (Wildman–Crippen LogP) is 11.2. The Balaban J connectivity index is 0.000000275. The van der Waals surface area contributed by atoms with Gasteiger partial charge in [0, 0.05) is 206 Å². The summed E-state index contributed by atoms with van der Waals surface area (Å²) in [6.45, 7) is 1.49. The summed E-state index contributed by atoms with van der Waals surface area (Å²) < 4.78 is 23.9. The van der Waals surface area contributed by atoms with Gasteiger partial charge in [0.15, 0.2) is 16.9 Å². The van der Waals surface area contributed by atoms with Gasteiger partial charge >= 0.3 is 0 Å². The zero-order valence-electron chi connectivity index (χ0n) is 29.8. The molecular formula is C44H34Ar4N2O3P2. The second kappa shape index (κ2) is 22.6. The Hall–Kier alpha value is -0.691. The normalized spacial score (nSPS) is 10.4. The molecular weight excluding hydrogens is 826 g/mol. The molecule has 0 radical (unpaired) electrons. The van der Waals surface area contributed by atoms with Gasteiger partial charge in [0.05, 0.1) is 10.6 Å². The molecule has 0 fully saturated rings. The van der Waals surface area contributed by atoms with Crippen LogP contribution in [0.5, 0.6) is 0 Å². The van der Waals surface area contributed by atoms with E-state index in [0.29, 0.717) is 5.30 Å².